The van der Waals surface area contributed by atoms with Crippen molar-refractivity contribution >= 4 is 5.96 Å². The lowest BCUT2D eigenvalue weighted by Gasteiger charge is -2.30. The number of rotatable bonds is 5. The van der Waals surface area contributed by atoms with Crippen molar-refractivity contribution in [3.05, 3.63) is 65.7 Å². The summed E-state index contributed by atoms with van der Waals surface area (Å²) in [4.78, 5) is 4.82. The van der Waals surface area contributed by atoms with Crippen LogP contribution in [0.5, 0.6) is 5.75 Å². The van der Waals surface area contributed by atoms with Gasteiger partial charge in [0, 0.05) is 0 Å². The van der Waals surface area contributed by atoms with Crippen molar-refractivity contribution in [2.45, 2.75) is 50.7 Å². The molecule has 1 aliphatic heterocycles. The number of aliphatic imine (C=N–C) groups is 1. The lowest BCUT2D eigenvalue weighted by molar-refractivity contribution is 0.271. The van der Waals surface area contributed by atoms with Crippen molar-refractivity contribution in [1.82, 2.24) is 10.6 Å². The van der Waals surface area contributed by atoms with Gasteiger partial charge in [-0.2, -0.15) is 0 Å². The molecule has 0 spiro atoms. The van der Waals surface area contributed by atoms with E-state index in [0.717, 1.165) is 11.7 Å². The number of benzene rings is 2. The molecule has 4 heteroatoms. The summed E-state index contributed by atoms with van der Waals surface area (Å²) in [5.74, 6) is 2.52. The molecule has 27 heavy (non-hydrogen) atoms. The first-order valence-electron chi connectivity index (χ1n) is 10.1. The summed E-state index contributed by atoms with van der Waals surface area (Å²) >= 11 is 0. The molecule has 2 aliphatic rings. The molecule has 0 amide bonds. The van der Waals surface area contributed by atoms with E-state index in [0.29, 0.717) is 24.5 Å². The summed E-state index contributed by atoms with van der Waals surface area (Å²) in [7, 11) is 1.69. The predicted molar refractivity (Wildman–Crippen MR) is 110 cm³/mol. The maximum Gasteiger partial charge on any atom is 0.192 e. The molecular formula is C23H29N3O. The molecule has 1 saturated carbocycles. The quantitative estimate of drug-likeness (QED) is 0.826. The molecule has 2 N–H and O–H groups in total. The van der Waals surface area contributed by atoms with Gasteiger partial charge in [0.15, 0.2) is 5.96 Å². The van der Waals surface area contributed by atoms with Gasteiger partial charge in [-0.3, -0.25) is 0 Å². The monoisotopic (exact) mass is 363 g/mol. The number of nitrogens with zero attached hydrogens (tertiary/aromatic N) is 1. The zero-order valence-corrected chi connectivity index (χ0v) is 16.0. The average Bonchev–Trinajstić information content (AvgIpc) is 3.18. The highest BCUT2D eigenvalue weighted by molar-refractivity contribution is 5.83. The summed E-state index contributed by atoms with van der Waals surface area (Å²) < 4.78 is 5.23. The molecule has 0 radical (unpaired) electrons. The first kappa shape index (κ1) is 17.9. The maximum atomic E-state index is 5.23. The largest absolute Gasteiger partial charge is 0.497 e. The number of ether oxygens (including phenoxy) is 1. The van der Waals surface area contributed by atoms with Gasteiger partial charge < -0.3 is 15.4 Å². The smallest absolute Gasteiger partial charge is 0.192 e. The van der Waals surface area contributed by atoms with Gasteiger partial charge in [0.05, 0.1) is 25.7 Å². The number of hydrogen-bond donors (Lipinski definition) is 2. The fourth-order valence-electron chi connectivity index (χ4n) is 4.35. The van der Waals surface area contributed by atoms with Crippen LogP contribution in [0.2, 0.25) is 0 Å². The molecule has 2 atom stereocenters. The van der Waals surface area contributed by atoms with Crippen molar-refractivity contribution < 1.29 is 4.74 Å². The summed E-state index contributed by atoms with van der Waals surface area (Å²) in [6.07, 6.45) is 6.71. The molecule has 1 aliphatic carbocycles. The van der Waals surface area contributed by atoms with Crippen molar-refractivity contribution in [3.8, 4) is 5.75 Å². The van der Waals surface area contributed by atoms with Crippen LogP contribution in [0.15, 0.2) is 59.6 Å². The first-order chi connectivity index (χ1) is 13.3. The fourth-order valence-corrected chi connectivity index (χ4v) is 4.35. The highest BCUT2D eigenvalue weighted by Gasteiger charge is 2.37. The van der Waals surface area contributed by atoms with E-state index in [1.54, 1.807) is 7.11 Å². The third-order valence-corrected chi connectivity index (χ3v) is 5.85. The molecular weight excluding hydrogens is 334 g/mol. The lowest BCUT2D eigenvalue weighted by atomic mass is 9.80. The van der Waals surface area contributed by atoms with E-state index in [2.05, 4.69) is 53.1 Å². The topological polar surface area (TPSA) is 45.6 Å². The summed E-state index contributed by atoms with van der Waals surface area (Å²) in [6, 6.07) is 19.6. The zero-order valence-electron chi connectivity index (χ0n) is 16.0. The minimum absolute atomic E-state index is 0.295. The summed E-state index contributed by atoms with van der Waals surface area (Å²) in [6.45, 7) is 0.665. The second-order valence-corrected chi connectivity index (χ2v) is 7.61. The van der Waals surface area contributed by atoms with Crippen molar-refractivity contribution in [2.75, 3.05) is 7.11 Å². The highest BCUT2D eigenvalue weighted by Crippen LogP contribution is 2.34. The molecule has 4 rings (SSSR count). The molecule has 0 bridgehead atoms. The van der Waals surface area contributed by atoms with Crippen LogP contribution in [0, 0.1) is 5.92 Å². The van der Waals surface area contributed by atoms with Crippen LogP contribution in [0.25, 0.3) is 0 Å². The van der Waals surface area contributed by atoms with E-state index < -0.39 is 0 Å². The molecule has 1 saturated heterocycles. The zero-order chi connectivity index (χ0) is 18.5. The average molecular weight is 364 g/mol. The van der Waals surface area contributed by atoms with Crippen LogP contribution in [-0.4, -0.2) is 19.1 Å². The SMILES string of the molecule is COc1ccc(CN=C2N[C@H](C3CCCCC3)[C@H](c3ccccc3)N2)cc1. The van der Waals surface area contributed by atoms with Crippen molar-refractivity contribution in [3.63, 3.8) is 0 Å². The highest BCUT2D eigenvalue weighted by atomic mass is 16.5. The van der Waals surface area contributed by atoms with Gasteiger partial charge in [0.25, 0.3) is 0 Å². The van der Waals surface area contributed by atoms with E-state index in [1.807, 2.05) is 12.1 Å². The van der Waals surface area contributed by atoms with E-state index in [4.69, 9.17) is 9.73 Å². The Kier molecular flexibility index (Phi) is 5.61. The number of guanidine groups is 1. The Morgan fingerprint density at radius 3 is 2.37 bits per heavy atom. The van der Waals surface area contributed by atoms with E-state index >= 15 is 0 Å². The molecule has 0 unspecified atom stereocenters. The lowest BCUT2D eigenvalue weighted by Crippen LogP contribution is -2.37. The van der Waals surface area contributed by atoms with Crippen LogP contribution in [-0.2, 0) is 6.54 Å². The Bertz CT molecular complexity index is 751. The minimum atomic E-state index is 0.295. The number of nitrogens with one attached hydrogen (secondary N) is 2. The number of methoxy groups -OCH3 is 1. The second kappa shape index (κ2) is 8.47. The van der Waals surface area contributed by atoms with Crippen LogP contribution in [0.1, 0.15) is 49.3 Å². The third-order valence-electron chi connectivity index (χ3n) is 5.85. The Morgan fingerprint density at radius 2 is 1.67 bits per heavy atom. The van der Waals surface area contributed by atoms with Gasteiger partial charge in [-0.1, -0.05) is 61.7 Å². The molecule has 2 fully saturated rings. The Labute approximate surface area is 162 Å². The second-order valence-electron chi connectivity index (χ2n) is 7.61. The van der Waals surface area contributed by atoms with Crippen LogP contribution < -0.4 is 15.4 Å². The third kappa shape index (κ3) is 4.26. The summed E-state index contributed by atoms with van der Waals surface area (Å²) in [5.41, 5.74) is 2.53. The van der Waals surface area contributed by atoms with Gasteiger partial charge in [-0.25, -0.2) is 4.99 Å². The molecule has 0 aromatic heterocycles. The van der Waals surface area contributed by atoms with E-state index in [9.17, 15) is 0 Å². The normalized spacial score (nSPS) is 24.4. The summed E-state index contributed by atoms with van der Waals surface area (Å²) in [5, 5.41) is 7.38. The molecule has 2 aromatic carbocycles. The van der Waals surface area contributed by atoms with Crippen molar-refractivity contribution in [2.24, 2.45) is 10.9 Å². The molecule has 1 heterocycles. The fraction of sp³-hybridized carbons (Fsp3) is 0.435. The maximum absolute atomic E-state index is 5.23. The van der Waals surface area contributed by atoms with Gasteiger partial charge in [0.1, 0.15) is 5.75 Å². The standard InChI is InChI=1S/C23H29N3O/c1-27-20-14-12-17(13-15-20)16-24-23-25-21(18-8-4-2-5-9-18)22(26-23)19-10-6-3-7-11-19/h2,4-5,8-9,12-15,19,21-22H,3,6-7,10-11,16H2,1H3,(H2,24,25,26)/t21-,22+/m0/s1. The minimum Gasteiger partial charge on any atom is -0.497 e. The Morgan fingerprint density at radius 1 is 0.926 bits per heavy atom. The number of hydrogen-bond acceptors (Lipinski definition) is 2. The van der Waals surface area contributed by atoms with Gasteiger partial charge in [-0.05, 0) is 42.0 Å². The Hall–Kier alpha value is -2.49. The predicted octanol–water partition coefficient (Wildman–Crippen LogP) is 4.43. The van der Waals surface area contributed by atoms with Crippen LogP contribution >= 0.6 is 0 Å². The van der Waals surface area contributed by atoms with E-state index in [1.165, 1.54) is 43.2 Å². The van der Waals surface area contributed by atoms with E-state index in [-0.39, 0.29) is 0 Å². The van der Waals surface area contributed by atoms with Crippen LogP contribution in [0.3, 0.4) is 0 Å². The molecule has 142 valence electrons. The van der Waals surface area contributed by atoms with Gasteiger partial charge >= 0.3 is 0 Å². The molecule has 2 aromatic rings. The van der Waals surface area contributed by atoms with Crippen molar-refractivity contribution in [1.29, 1.82) is 0 Å². The van der Waals surface area contributed by atoms with Gasteiger partial charge in [-0.15, -0.1) is 0 Å². The Balaban J connectivity index is 1.50. The first-order valence-corrected chi connectivity index (χ1v) is 10.1. The van der Waals surface area contributed by atoms with Crippen LogP contribution in [0.4, 0.5) is 0 Å². The molecule has 4 nitrogen and oxygen atoms in total. The van der Waals surface area contributed by atoms with Gasteiger partial charge in [0.2, 0.25) is 0 Å².